The summed E-state index contributed by atoms with van der Waals surface area (Å²) in [7, 11) is 3.75. The molecule has 2 aromatic carbocycles. The van der Waals surface area contributed by atoms with Gasteiger partial charge in [-0.3, -0.25) is 4.79 Å². The van der Waals surface area contributed by atoms with E-state index < -0.39 is 17.6 Å². The Morgan fingerprint density at radius 2 is 1.81 bits per heavy atom. The van der Waals surface area contributed by atoms with Crippen molar-refractivity contribution in [3.05, 3.63) is 77.2 Å². The SMILES string of the molecule is CNc1cc(-n2nc(C)cc2Nc2cc(NC(=O)c3cc(N4CCN(C)C(C)C4)cc(C(F)(F)F)c3)ccc2C)ncn1. The van der Waals surface area contributed by atoms with Crippen LogP contribution in [0.25, 0.3) is 5.82 Å². The number of likely N-dealkylation sites (N-methyl/N-ethyl adjacent to an activating group) is 1. The van der Waals surface area contributed by atoms with Crippen molar-refractivity contribution in [2.45, 2.75) is 33.0 Å². The summed E-state index contributed by atoms with van der Waals surface area (Å²) in [5.41, 5.74) is 2.19. The van der Waals surface area contributed by atoms with Crippen molar-refractivity contribution in [3.8, 4) is 5.82 Å². The Morgan fingerprint density at radius 3 is 2.53 bits per heavy atom. The van der Waals surface area contributed by atoms with Gasteiger partial charge in [-0.05, 0) is 63.7 Å². The molecule has 4 aromatic rings. The van der Waals surface area contributed by atoms with Gasteiger partial charge in [0.05, 0.1) is 11.3 Å². The summed E-state index contributed by atoms with van der Waals surface area (Å²) in [4.78, 5) is 25.9. The molecule has 1 fully saturated rings. The van der Waals surface area contributed by atoms with Gasteiger partial charge < -0.3 is 25.8 Å². The van der Waals surface area contributed by atoms with Gasteiger partial charge in [0.2, 0.25) is 0 Å². The number of carbonyl (C=O) groups is 1. The maximum absolute atomic E-state index is 13.9. The zero-order chi connectivity index (χ0) is 30.9. The second kappa shape index (κ2) is 11.9. The van der Waals surface area contributed by atoms with Gasteiger partial charge in [-0.2, -0.15) is 23.0 Å². The van der Waals surface area contributed by atoms with E-state index in [0.29, 0.717) is 54.2 Å². The highest BCUT2D eigenvalue weighted by molar-refractivity contribution is 6.05. The molecule has 1 aliphatic heterocycles. The normalized spacial score (nSPS) is 15.8. The Hall–Kier alpha value is -4.65. The van der Waals surface area contributed by atoms with E-state index >= 15 is 0 Å². The van der Waals surface area contributed by atoms with E-state index in [-0.39, 0.29) is 11.6 Å². The number of benzene rings is 2. The molecule has 3 heterocycles. The van der Waals surface area contributed by atoms with Gasteiger partial charge in [-0.1, -0.05) is 6.07 Å². The number of hydrogen-bond acceptors (Lipinski definition) is 8. The molecule has 2 aromatic heterocycles. The molecule has 0 bridgehead atoms. The summed E-state index contributed by atoms with van der Waals surface area (Å²) in [6.07, 6.45) is -3.16. The molecular weight excluding hydrogens is 559 g/mol. The number of carbonyl (C=O) groups excluding carboxylic acids is 1. The number of piperazine rings is 1. The van der Waals surface area contributed by atoms with E-state index in [2.05, 4.69) is 35.9 Å². The number of alkyl halides is 3. The highest BCUT2D eigenvalue weighted by Gasteiger charge is 2.33. The van der Waals surface area contributed by atoms with Crippen LogP contribution in [0.5, 0.6) is 0 Å². The number of halogens is 3. The van der Waals surface area contributed by atoms with Crippen molar-refractivity contribution in [2.75, 3.05) is 54.6 Å². The Balaban J connectivity index is 1.41. The fourth-order valence-corrected chi connectivity index (χ4v) is 4.91. The van der Waals surface area contributed by atoms with Crippen molar-refractivity contribution in [3.63, 3.8) is 0 Å². The van der Waals surface area contributed by atoms with E-state index in [1.165, 1.54) is 12.4 Å². The average Bonchev–Trinajstić information content (AvgIpc) is 3.35. The molecule has 5 rings (SSSR count). The first kappa shape index (κ1) is 29.8. The van der Waals surface area contributed by atoms with Crippen LogP contribution in [0.4, 0.5) is 41.9 Å². The van der Waals surface area contributed by atoms with Crippen LogP contribution in [-0.4, -0.2) is 70.3 Å². The zero-order valence-electron chi connectivity index (χ0n) is 24.6. The third-order valence-corrected chi connectivity index (χ3v) is 7.55. The van der Waals surface area contributed by atoms with E-state index in [0.717, 1.165) is 23.4 Å². The molecule has 1 unspecified atom stereocenters. The molecule has 1 amide bonds. The lowest BCUT2D eigenvalue weighted by atomic mass is 10.1. The van der Waals surface area contributed by atoms with E-state index in [4.69, 9.17) is 0 Å². The van der Waals surface area contributed by atoms with Crippen LogP contribution in [0.2, 0.25) is 0 Å². The molecular formula is C30H34F3N9O. The fraction of sp³-hybridized carbons (Fsp3) is 0.333. The lowest BCUT2D eigenvalue weighted by Crippen LogP contribution is -2.50. The third-order valence-electron chi connectivity index (χ3n) is 7.55. The third kappa shape index (κ3) is 6.72. The van der Waals surface area contributed by atoms with Crippen LogP contribution < -0.4 is 20.9 Å². The first-order valence-corrected chi connectivity index (χ1v) is 13.8. The van der Waals surface area contributed by atoms with Gasteiger partial charge in [-0.25, -0.2) is 9.97 Å². The lowest BCUT2D eigenvalue weighted by molar-refractivity contribution is -0.137. The van der Waals surface area contributed by atoms with Gasteiger partial charge in [-0.15, -0.1) is 0 Å². The average molecular weight is 594 g/mol. The number of rotatable bonds is 7. The standard InChI is InChI=1S/C30H34F3N9O/c1-18-6-7-23(14-25(18)38-28-10-19(2)39-42(28)27-15-26(34-4)35-17-36-27)37-29(43)21-11-22(30(31,32)33)13-24(12-21)41-9-8-40(5)20(3)16-41/h6-7,10-15,17,20,38H,8-9,16H2,1-5H3,(H,37,43)(H,34,35,36). The van der Waals surface area contributed by atoms with Crippen molar-refractivity contribution in [2.24, 2.45) is 0 Å². The highest BCUT2D eigenvalue weighted by atomic mass is 19.4. The number of aromatic nitrogens is 4. The minimum atomic E-state index is -4.59. The monoisotopic (exact) mass is 593 g/mol. The van der Waals surface area contributed by atoms with Crippen molar-refractivity contribution in [1.82, 2.24) is 24.6 Å². The molecule has 226 valence electrons. The van der Waals surface area contributed by atoms with Gasteiger partial charge in [0.25, 0.3) is 5.91 Å². The minimum absolute atomic E-state index is 0.0655. The van der Waals surface area contributed by atoms with Crippen LogP contribution >= 0.6 is 0 Å². The molecule has 43 heavy (non-hydrogen) atoms. The number of hydrogen-bond donors (Lipinski definition) is 3. The summed E-state index contributed by atoms with van der Waals surface area (Å²) in [5, 5.41) is 13.7. The smallest absolute Gasteiger partial charge is 0.373 e. The Labute approximate surface area is 247 Å². The Kier molecular flexibility index (Phi) is 8.27. The van der Waals surface area contributed by atoms with Gasteiger partial charge in [0.1, 0.15) is 18.0 Å². The molecule has 13 heteroatoms. The van der Waals surface area contributed by atoms with Gasteiger partial charge in [0, 0.05) is 67.5 Å². The summed E-state index contributed by atoms with van der Waals surface area (Å²) < 4.78 is 43.2. The highest BCUT2D eigenvalue weighted by Crippen LogP contribution is 2.34. The van der Waals surface area contributed by atoms with Gasteiger partial charge >= 0.3 is 6.18 Å². The molecule has 0 aliphatic carbocycles. The molecule has 3 N–H and O–H groups in total. The first-order valence-electron chi connectivity index (χ1n) is 13.8. The number of nitrogens with one attached hydrogen (secondary N) is 3. The largest absolute Gasteiger partial charge is 0.416 e. The number of aryl methyl sites for hydroxylation is 2. The quantitative estimate of drug-likeness (QED) is 0.259. The van der Waals surface area contributed by atoms with Gasteiger partial charge in [0.15, 0.2) is 5.82 Å². The Bertz CT molecular complexity index is 1640. The molecule has 1 aliphatic rings. The van der Waals surface area contributed by atoms with Crippen LogP contribution in [0, 0.1) is 13.8 Å². The summed E-state index contributed by atoms with van der Waals surface area (Å²) in [6, 6.07) is 12.6. The maximum atomic E-state index is 13.9. The maximum Gasteiger partial charge on any atom is 0.416 e. The molecule has 1 saturated heterocycles. The van der Waals surface area contributed by atoms with E-state index in [1.807, 2.05) is 44.9 Å². The summed E-state index contributed by atoms with van der Waals surface area (Å²) in [6.45, 7) is 7.63. The van der Waals surface area contributed by atoms with E-state index in [9.17, 15) is 18.0 Å². The number of nitrogens with zero attached hydrogens (tertiary/aromatic N) is 6. The summed E-state index contributed by atoms with van der Waals surface area (Å²) in [5.74, 6) is 1.18. The molecule has 0 saturated carbocycles. The van der Waals surface area contributed by atoms with Crippen LogP contribution in [0.1, 0.15) is 34.1 Å². The van der Waals surface area contributed by atoms with Crippen molar-refractivity contribution in [1.29, 1.82) is 0 Å². The second-order valence-electron chi connectivity index (χ2n) is 10.7. The van der Waals surface area contributed by atoms with Crippen LogP contribution in [-0.2, 0) is 6.18 Å². The second-order valence-corrected chi connectivity index (χ2v) is 10.7. The zero-order valence-corrected chi connectivity index (χ0v) is 24.6. The van der Waals surface area contributed by atoms with Crippen LogP contribution in [0.15, 0.2) is 54.9 Å². The molecule has 0 spiro atoms. The van der Waals surface area contributed by atoms with E-state index in [1.54, 1.807) is 29.9 Å². The van der Waals surface area contributed by atoms with Crippen LogP contribution in [0.3, 0.4) is 0 Å². The predicted molar refractivity (Wildman–Crippen MR) is 162 cm³/mol. The topological polar surface area (TPSA) is 103 Å². The fourth-order valence-electron chi connectivity index (χ4n) is 4.91. The van der Waals surface area contributed by atoms with Crippen molar-refractivity contribution < 1.29 is 18.0 Å². The summed E-state index contributed by atoms with van der Waals surface area (Å²) >= 11 is 0. The molecule has 1 atom stereocenters. The lowest BCUT2D eigenvalue weighted by Gasteiger charge is -2.39. The molecule has 10 nitrogen and oxygen atoms in total. The number of anilines is 5. The minimum Gasteiger partial charge on any atom is -0.373 e. The van der Waals surface area contributed by atoms with Crippen molar-refractivity contribution >= 4 is 34.6 Å². The molecule has 0 radical (unpaired) electrons. The number of amides is 1. The predicted octanol–water partition coefficient (Wildman–Crippen LogP) is 5.48. The first-order chi connectivity index (χ1) is 20.4. The Morgan fingerprint density at radius 1 is 1.02 bits per heavy atom.